The van der Waals surface area contributed by atoms with E-state index in [0.29, 0.717) is 11.3 Å². The van der Waals surface area contributed by atoms with Gasteiger partial charge >= 0.3 is 0 Å². The van der Waals surface area contributed by atoms with Crippen molar-refractivity contribution in [2.75, 3.05) is 12.4 Å². The Morgan fingerprint density at radius 1 is 1.24 bits per heavy atom. The van der Waals surface area contributed by atoms with Gasteiger partial charge in [-0.15, -0.1) is 0 Å². The number of para-hydroxylation sites is 2. The Morgan fingerprint density at radius 2 is 1.97 bits per heavy atom. The number of methoxy groups -OCH3 is 1. The van der Waals surface area contributed by atoms with Crippen molar-refractivity contribution in [3.05, 3.63) is 59.7 Å². The molecule has 0 bridgehead atoms. The fraction of sp³-hybridized carbons (Fsp3) is 0.158. The van der Waals surface area contributed by atoms with Crippen molar-refractivity contribution >= 4 is 29.7 Å². The fourth-order valence-corrected chi connectivity index (χ4v) is 2.56. The molecule has 0 aromatic heterocycles. The summed E-state index contributed by atoms with van der Waals surface area (Å²) in [6.45, 7) is 0. The Bertz CT molecular complexity index is 973. The molecule has 150 valence electrons. The molecule has 1 aliphatic rings. The highest BCUT2D eigenvalue weighted by Gasteiger charge is 2.29. The lowest BCUT2D eigenvalue weighted by atomic mass is 10.2. The van der Waals surface area contributed by atoms with Crippen LogP contribution in [0.3, 0.4) is 0 Å². The first-order chi connectivity index (χ1) is 14.0. The molecule has 3 N–H and O–H groups in total. The molecule has 3 rings (SSSR count). The summed E-state index contributed by atoms with van der Waals surface area (Å²) in [5.74, 6) is -2.45. The number of nitrogens with zero attached hydrogens (tertiary/aromatic N) is 2. The normalized spacial score (nSPS) is 15.8. The number of carbonyl (C=O) groups is 2. The number of carbonyl (C=O) groups excluding carboxylic acids is 2. The highest BCUT2D eigenvalue weighted by Crippen LogP contribution is 2.19. The van der Waals surface area contributed by atoms with Crippen molar-refractivity contribution < 1.29 is 23.1 Å². The molecule has 1 heterocycles. The molecule has 2 amide bonds. The molecule has 1 atom stereocenters. The predicted octanol–water partition coefficient (Wildman–Crippen LogP) is 1.78. The van der Waals surface area contributed by atoms with E-state index in [-0.39, 0.29) is 12.4 Å². The molecule has 0 fully saturated rings. The van der Waals surface area contributed by atoms with Crippen LogP contribution in [-0.2, 0) is 9.59 Å². The van der Waals surface area contributed by atoms with E-state index in [4.69, 9.17) is 4.74 Å². The van der Waals surface area contributed by atoms with E-state index in [1.54, 1.807) is 12.1 Å². The first kappa shape index (κ1) is 19.9. The Morgan fingerprint density at radius 3 is 2.69 bits per heavy atom. The minimum Gasteiger partial charge on any atom is -0.496 e. The van der Waals surface area contributed by atoms with Crippen molar-refractivity contribution in [1.82, 2.24) is 10.7 Å². The number of benzene rings is 2. The molecule has 0 radical (unpaired) electrons. The first-order valence-corrected chi connectivity index (χ1v) is 8.52. The molecular weight excluding hydrogens is 384 g/mol. The van der Waals surface area contributed by atoms with Crippen LogP contribution in [0.4, 0.5) is 14.5 Å². The maximum Gasteiger partial charge on any atom is 0.252 e. The summed E-state index contributed by atoms with van der Waals surface area (Å²) in [5.41, 5.74) is 2.70. The number of aliphatic imine (C=N–C) groups is 1. The zero-order valence-corrected chi connectivity index (χ0v) is 15.3. The number of halogens is 2. The molecule has 10 heteroatoms. The van der Waals surface area contributed by atoms with Crippen molar-refractivity contribution in [3.8, 4) is 5.75 Å². The van der Waals surface area contributed by atoms with E-state index in [9.17, 15) is 18.4 Å². The number of hydrogen-bond acceptors (Lipinski definition) is 6. The number of rotatable bonds is 6. The lowest BCUT2D eigenvalue weighted by molar-refractivity contribution is -0.123. The van der Waals surface area contributed by atoms with Gasteiger partial charge in [-0.25, -0.2) is 19.2 Å². The van der Waals surface area contributed by atoms with Crippen LogP contribution in [0.15, 0.2) is 52.6 Å². The zero-order valence-electron chi connectivity index (χ0n) is 15.3. The summed E-state index contributed by atoms with van der Waals surface area (Å²) in [7, 11) is 1.53. The van der Waals surface area contributed by atoms with Gasteiger partial charge in [-0.05, 0) is 24.3 Å². The lowest BCUT2D eigenvalue weighted by Crippen LogP contribution is -2.35. The molecule has 0 unspecified atom stereocenters. The smallest absolute Gasteiger partial charge is 0.252 e. The second kappa shape index (κ2) is 8.91. The molecule has 1 aliphatic heterocycles. The molecule has 2 aromatic carbocycles. The van der Waals surface area contributed by atoms with Crippen molar-refractivity contribution in [1.29, 1.82) is 0 Å². The summed E-state index contributed by atoms with van der Waals surface area (Å²) in [6, 6.07) is 9.34. The maximum atomic E-state index is 13.6. The number of anilines is 1. The maximum absolute atomic E-state index is 13.6. The van der Waals surface area contributed by atoms with E-state index in [1.165, 1.54) is 19.4 Å². The number of hydrogen-bond donors (Lipinski definition) is 3. The number of hydrazone groups is 1. The highest BCUT2D eigenvalue weighted by molar-refractivity contribution is 6.07. The highest BCUT2D eigenvalue weighted by atomic mass is 19.1. The van der Waals surface area contributed by atoms with Gasteiger partial charge in [0.15, 0.2) is 0 Å². The first-order valence-electron chi connectivity index (χ1n) is 8.52. The second-order valence-corrected chi connectivity index (χ2v) is 5.94. The van der Waals surface area contributed by atoms with Crippen molar-refractivity contribution in [2.45, 2.75) is 12.5 Å². The molecule has 8 nitrogen and oxygen atoms in total. The monoisotopic (exact) mass is 401 g/mol. The van der Waals surface area contributed by atoms with Crippen LogP contribution in [0.2, 0.25) is 0 Å². The number of guanidine groups is 1. The molecule has 0 saturated heterocycles. The second-order valence-electron chi connectivity index (χ2n) is 5.94. The van der Waals surface area contributed by atoms with Crippen LogP contribution in [0.25, 0.3) is 0 Å². The van der Waals surface area contributed by atoms with Crippen LogP contribution < -0.4 is 20.8 Å². The average Bonchev–Trinajstić information content (AvgIpc) is 3.04. The van der Waals surface area contributed by atoms with Gasteiger partial charge in [-0.1, -0.05) is 18.2 Å². The molecule has 0 saturated carbocycles. The van der Waals surface area contributed by atoms with Gasteiger partial charge in [0, 0.05) is 5.56 Å². The standard InChI is InChI=1S/C19H17F2N5O3/c1-29-15-8-3-2-5-11(15)10-22-26-19-23-14(18(28)25-19)9-16(27)24-17-12(20)6-4-7-13(17)21/h2-8,10,14H,9H2,1H3,(H,24,27)(H2,23,25,26,28)/b22-10-/t14-/m1/s1. The van der Waals surface area contributed by atoms with E-state index < -0.39 is 35.2 Å². The fourth-order valence-electron chi connectivity index (χ4n) is 2.56. The summed E-state index contributed by atoms with van der Waals surface area (Å²) >= 11 is 0. The van der Waals surface area contributed by atoms with Gasteiger partial charge in [0.2, 0.25) is 11.9 Å². The largest absolute Gasteiger partial charge is 0.496 e. The Balaban J connectivity index is 1.59. The van der Waals surface area contributed by atoms with Crippen LogP contribution in [-0.4, -0.2) is 37.1 Å². The Hall–Kier alpha value is -3.82. The van der Waals surface area contributed by atoms with Gasteiger partial charge in [0.05, 0.1) is 19.7 Å². The van der Waals surface area contributed by atoms with Gasteiger partial charge < -0.3 is 10.1 Å². The van der Waals surface area contributed by atoms with E-state index in [1.807, 2.05) is 12.1 Å². The molecular formula is C19H17F2N5O3. The zero-order chi connectivity index (χ0) is 20.8. The van der Waals surface area contributed by atoms with Crippen molar-refractivity contribution in [3.63, 3.8) is 0 Å². The summed E-state index contributed by atoms with van der Waals surface area (Å²) in [4.78, 5) is 28.0. The molecule has 29 heavy (non-hydrogen) atoms. The van der Waals surface area contributed by atoms with Gasteiger partial charge in [-0.3, -0.25) is 14.9 Å². The van der Waals surface area contributed by atoms with Crippen LogP contribution in [0.1, 0.15) is 12.0 Å². The third-order valence-electron chi connectivity index (χ3n) is 3.95. The van der Waals surface area contributed by atoms with E-state index in [0.717, 1.165) is 12.1 Å². The SMILES string of the molecule is COc1ccccc1/C=N\NC1=N[C@H](CC(=O)Nc2c(F)cccc2F)C(=O)N1. The van der Waals surface area contributed by atoms with Gasteiger partial charge in [0.25, 0.3) is 5.91 Å². The minimum atomic E-state index is -1.05. The van der Waals surface area contributed by atoms with E-state index in [2.05, 4.69) is 26.2 Å². The van der Waals surface area contributed by atoms with Crippen LogP contribution in [0.5, 0.6) is 5.75 Å². The molecule has 0 aliphatic carbocycles. The van der Waals surface area contributed by atoms with Crippen LogP contribution >= 0.6 is 0 Å². The number of nitrogens with one attached hydrogen (secondary N) is 3. The predicted molar refractivity (Wildman–Crippen MR) is 103 cm³/mol. The number of ether oxygens (including phenoxy) is 1. The Labute approximate surface area is 164 Å². The Kier molecular flexibility index (Phi) is 6.12. The van der Waals surface area contributed by atoms with Crippen molar-refractivity contribution in [2.24, 2.45) is 10.1 Å². The lowest BCUT2D eigenvalue weighted by Gasteiger charge is -2.08. The quantitative estimate of drug-likeness (QED) is 0.507. The summed E-state index contributed by atoms with van der Waals surface area (Å²) < 4.78 is 32.4. The van der Waals surface area contributed by atoms with Gasteiger partial charge in [-0.2, -0.15) is 5.10 Å². The van der Waals surface area contributed by atoms with E-state index >= 15 is 0 Å². The molecule has 0 spiro atoms. The minimum absolute atomic E-state index is 0.0519. The topological polar surface area (TPSA) is 104 Å². The average molecular weight is 401 g/mol. The third kappa shape index (κ3) is 4.92. The summed E-state index contributed by atoms with van der Waals surface area (Å²) in [6.07, 6.45) is 1.09. The number of amides is 2. The van der Waals surface area contributed by atoms with Crippen LogP contribution in [0, 0.1) is 11.6 Å². The van der Waals surface area contributed by atoms with Gasteiger partial charge in [0.1, 0.15) is 29.1 Å². The molecule has 2 aromatic rings. The third-order valence-corrected chi connectivity index (χ3v) is 3.95. The summed E-state index contributed by atoms with van der Waals surface area (Å²) in [5, 5.41) is 8.52.